The molecule has 1 amide bonds. The fourth-order valence-electron chi connectivity index (χ4n) is 3.54. The summed E-state index contributed by atoms with van der Waals surface area (Å²) in [4.78, 5) is 19.2. The van der Waals surface area contributed by atoms with Crippen molar-refractivity contribution in [2.45, 2.75) is 31.1 Å². The van der Waals surface area contributed by atoms with Crippen molar-refractivity contribution in [2.24, 2.45) is 0 Å². The standard InChI is InChI=1S/C22H25N3O4S2/c1-3-16(2)17-4-6-19(7-5-17)31(27,28)25-11-9-24(10-12-25)22(26)20-15-30-21(23-20)18-8-13-29-14-18/h4-8,13-16H,3,9-12H2,1-2H3. The number of thiazole rings is 1. The lowest BCUT2D eigenvalue weighted by atomic mass is 9.99. The van der Waals surface area contributed by atoms with Crippen LogP contribution in [0, 0.1) is 0 Å². The van der Waals surface area contributed by atoms with Crippen molar-refractivity contribution < 1.29 is 17.6 Å². The molecule has 1 atom stereocenters. The number of benzene rings is 1. The van der Waals surface area contributed by atoms with E-state index in [0.717, 1.165) is 22.6 Å². The van der Waals surface area contributed by atoms with Gasteiger partial charge in [-0.25, -0.2) is 13.4 Å². The quantitative estimate of drug-likeness (QED) is 0.555. The van der Waals surface area contributed by atoms with E-state index in [1.807, 2.05) is 12.1 Å². The topological polar surface area (TPSA) is 83.7 Å². The Hall–Kier alpha value is -2.49. The SMILES string of the molecule is CCC(C)c1ccc(S(=O)(=O)N2CCN(C(=O)c3csc(-c4ccoc4)n3)CC2)cc1. The molecule has 31 heavy (non-hydrogen) atoms. The van der Waals surface area contributed by atoms with Crippen LogP contribution in [-0.4, -0.2) is 54.7 Å². The molecule has 0 bridgehead atoms. The third-order valence-corrected chi connectivity index (χ3v) is 8.52. The van der Waals surface area contributed by atoms with Crippen molar-refractivity contribution in [3.8, 4) is 10.6 Å². The van der Waals surface area contributed by atoms with Crippen molar-refractivity contribution in [1.82, 2.24) is 14.2 Å². The number of furan rings is 1. The van der Waals surface area contributed by atoms with Crippen LogP contribution in [0.3, 0.4) is 0 Å². The lowest BCUT2D eigenvalue weighted by Gasteiger charge is -2.33. The number of rotatable bonds is 6. The van der Waals surface area contributed by atoms with Crippen LogP contribution in [0.5, 0.6) is 0 Å². The van der Waals surface area contributed by atoms with Gasteiger partial charge in [0, 0.05) is 37.1 Å². The second-order valence-corrected chi connectivity index (χ2v) is 10.4. The molecule has 0 spiro atoms. The van der Waals surface area contributed by atoms with Crippen LogP contribution in [0.25, 0.3) is 10.6 Å². The Morgan fingerprint density at radius 2 is 1.87 bits per heavy atom. The van der Waals surface area contributed by atoms with E-state index in [-0.39, 0.29) is 19.0 Å². The van der Waals surface area contributed by atoms with Crippen LogP contribution < -0.4 is 0 Å². The molecule has 1 fully saturated rings. The first kappa shape index (κ1) is 21.7. The zero-order valence-electron chi connectivity index (χ0n) is 17.5. The van der Waals surface area contributed by atoms with Gasteiger partial charge in [0.15, 0.2) is 0 Å². The minimum absolute atomic E-state index is 0.180. The molecule has 1 saturated heterocycles. The monoisotopic (exact) mass is 459 g/mol. The van der Waals surface area contributed by atoms with Gasteiger partial charge in [-0.2, -0.15) is 4.31 Å². The summed E-state index contributed by atoms with van der Waals surface area (Å²) in [6, 6.07) is 8.94. The van der Waals surface area contributed by atoms with E-state index < -0.39 is 10.0 Å². The Balaban J connectivity index is 1.40. The Morgan fingerprint density at radius 3 is 2.48 bits per heavy atom. The highest BCUT2D eigenvalue weighted by Crippen LogP contribution is 2.26. The van der Waals surface area contributed by atoms with Crippen molar-refractivity contribution >= 4 is 27.3 Å². The second kappa shape index (κ2) is 8.94. The normalized spacial score (nSPS) is 16.4. The molecule has 7 nitrogen and oxygen atoms in total. The fraction of sp³-hybridized carbons (Fsp3) is 0.364. The predicted molar refractivity (Wildman–Crippen MR) is 120 cm³/mol. The van der Waals surface area contributed by atoms with E-state index in [0.29, 0.717) is 29.6 Å². The zero-order valence-corrected chi connectivity index (χ0v) is 19.2. The van der Waals surface area contributed by atoms with Crippen molar-refractivity contribution in [3.63, 3.8) is 0 Å². The second-order valence-electron chi connectivity index (χ2n) is 7.62. The number of piperazine rings is 1. The number of hydrogen-bond acceptors (Lipinski definition) is 6. The highest BCUT2D eigenvalue weighted by Gasteiger charge is 2.31. The number of carbonyl (C=O) groups is 1. The molecular weight excluding hydrogens is 434 g/mol. The molecule has 3 heterocycles. The first-order chi connectivity index (χ1) is 14.9. The van der Waals surface area contributed by atoms with Gasteiger partial charge >= 0.3 is 0 Å². The first-order valence-electron chi connectivity index (χ1n) is 10.3. The molecule has 1 unspecified atom stereocenters. The molecule has 0 radical (unpaired) electrons. The number of carbonyl (C=O) groups excluding carboxylic acids is 1. The first-order valence-corrected chi connectivity index (χ1v) is 12.6. The molecule has 0 saturated carbocycles. The van der Waals surface area contributed by atoms with Crippen LogP contribution in [0.2, 0.25) is 0 Å². The average Bonchev–Trinajstić information content (AvgIpc) is 3.50. The molecule has 9 heteroatoms. The Labute approximate surface area is 186 Å². The Bertz CT molecular complexity index is 1130. The number of aromatic nitrogens is 1. The summed E-state index contributed by atoms with van der Waals surface area (Å²) >= 11 is 1.38. The van der Waals surface area contributed by atoms with Gasteiger partial charge in [0.25, 0.3) is 5.91 Å². The van der Waals surface area contributed by atoms with Gasteiger partial charge in [-0.1, -0.05) is 26.0 Å². The summed E-state index contributed by atoms with van der Waals surface area (Å²) in [6.45, 7) is 5.43. The van der Waals surface area contributed by atoms with Crippen LogP contribution in [0.15, 0.2) is 57.6 Å². The van der Waals surface area contributed by atoms with E-state index in [2.05, 4.69) is 18.8 Å². The molecule has 0 aliphatic carbocycles. The van der Waals surface area contributed by atoms with Crippen LogP contribution in [0.4, 0.5) is 0 Å². The molecular formula is C22H25N3O4S2. The molecule has 1 aliphatic heterocycles. The number of hydrogen-bond donors (Lipinski definition) is 0. The maximum atomic E-state index is 13.0. The van der Waals surface area contributed by atoms with Gasteiger partial charge in [-0.15, -0.1) is 11.3 Å². The lowest BCUT2D eigenvalue weighted by Crippen LogP contribution is -2.50. The number of sulfonamides is 1. The summed E-state index contributed by atoms with van der Waals surface area (Å²) < 4.78 is 32.6. The summed E-state index contributed by atoms with van der Waals surface area (Å²) in [5, 5.41) is 2.45. The van der Waals surface area contributed by atoms with Crippen LogP contribution in [-0.2, 0) is 10.0 Å². The predicted octanol–water partition coefficient (Wildman–Crippen LogP) is 4.06. The highest BCUT2D eigenvalue weighted by molar-refractivity contribution is 7.89. The number of amides is 1. The minimum atomic E-state index is -3.58. The third-order valence-electron chi connectivity index (χ3n) is 5.72. The van der Waals surface area contributed by atoms with E-state index in [9.17, 15) is 13.2 Å². The maximum absolute atomic E-state index is 13.0. The number of nitrogens with zero attached hydrogens (tertiary/aromatic N) is 3. The molecule has 1 aromatic carbocycles. The molecule has 3 aromatic rings. The van der Waals surface area contributed by atoms with Gasteiger partial charge in [0.05, 0.1) is 11.2 Å². The summed E-state index contributed by atoms with van der Waals surface area (Å²) in [5.41, 5.74) is 2.34. The molecule has 2 aromatic heterocycles. The fourth-order valence-corrected chi connectivity index (χ4v) is 5.74. The third kappa shape index (κ3) is 4.44. The Kier molecular flexibility index (Phi) is 6.27. The highest BCUT2D eigenvalue weighted by atomic mass is 32.2. The maximum Gasteiger partial charge on any atom is 0.273 e. The minimum Gasteiger partial charge on any atom is -0.472 e. The van der Waals surface area contributed by atoms with Crippen molar-refractivity contribution in [1.29, 1.82) is 0 Å². The van der Waals surface area contributed by atoms with Crippen LogP contribution >= 0.6 is 11.3 Å². The van der Waals surface area contributed by atoms with E-state index in [1.165, 1.54) is 15.6 Å². The summed E-state index contributed by atoms with van der Waals surface area (Å²) in [5.74, 6) is 0.215. The van der Waals surface area contributed by atoms with E-state index in [1.54, 1.807) is 41.0 Å². The molecule has 164 valence electrons. The summed E-state index contributed by atoms with van der Waals surface area (Å²) in [7, 11) is -3.58. The Morgan fingerprint density at radius 1 is 1.16 bits per heavy atom. The smallest absolute Gasteiger partial charge is 0.273 e. The van der Waals surface area contributed by atoms with Crippen molar-refractivity contribution in [2.75, 3.05) is 26.2 Å². The average molecular weight is 460 g/mol. The van der Waals surface area contributed by atoms with E-state index in [4.69, 9.17) is 4.42 Å². The summed E-state index contributed by atoms with van der Waals surface area (Å²) in [6.07, 6.45) is 4.16. The van der Waals surface area contributed by atoms with Crippen molar-refractivity contribution in [3.05, 3.63) is 59.5 Å². The van der Waals surface area contributed by atoms with Gasteiger partial charge in [0.2, 0.25) is 10.0 Å². The van der Waals surface area contributed by atoms with Gasteiger partial charge in [-0.05, 0) is 36.1 Å². The van der Waals surface area contributed by atoms with Gasteiger partial charge < -0.3 is 9.32 Å². The largest absolute Gasteiger partial charge is 0.472 e. The van der Waals surface area contributed by atoms with Gasteiger partial charge in [-0.3, -0.25) is 4.79 Å². The van der Waals surface area contributed by atoms with E-state index >= 15 is 0 Å². The lowest BCUT2D eigenvalue weighted by molar-refractivity contribution is 0.0693. The van der Waals surface area contributed by atoms with Crippen LogP contribution in [0.1, 0.15) is 42.2 Å². The molecule has 0 N–H and O–H groups in total. The molecule has 4 rings (SSSR count). The van der Waals surface area contributed by atoms with Gasteiger partial charge in [0.1, 0.15) is 17.0 Å². The molecule has 1 aliphatic rings. The zero-order chi connectivity index (χ0) is 22.0.